The van der Waals surface area contributed by atoms with Gasteiger partial charge in [-0.05, 0) is 38.1 Å². The van der Waals surface area contributed by atoms with Crippen molar-refractivity contribution in [1.29, 1.82) is 5.26 Å². The predicted molar refractivity (Wildman–Crippen MR) is 112 cm³/mol. The van der Waals surface area contributed by atoms with Crippen molar-refractivity contribution in [3.8, 4) is 6.07 Å². The van der Waals surface area contributed by atoms with Crippen molar-refractivity contribution < 1.29 is 18.7 Å². The number of fused-ring (bicyclic) bond motifs is 1. The topological polar surface area (TPSA) is 84.1 Å². The molecular weight excluding hydrogens is 385 g/mol. The second-order valence-corrected chi connectivity index (χ2v) is 6.51. The molecule has 3 rings (SSSR count). The van der Waals surface area contributed by atoms with Crippen molar-refractivity contribution in [2.24, 2.45) is 0 Å². The van der Waals surface area contributed by atoms with Crippen molar-refractivity contribution in [1.82, 2.24) is 4.57 Å². The number of ether oxygens (including phenoxy) is 1. The first kappa shape index (κ1) is 20.8. The smallest absolute Gasteiger partial charge is 0.325 e. The molecule has 0 spiro atoms. The van der Waals surface area contributed by atoms with Crippen molar-refractivity contribution in [3.63, 3.8) is 0 Å². The Labute approximate surface area is 173 Å². The molecule has 0 aliphatic heterocycles. The Hall–Kier alpha value is -3.92. The minimum absolute atomic E-state index is 0.00916. The molecule has 1 amide bonds. The van der Waals surface area contributed by atoms with Crippen LogP contribution >= 0.6 is 0 Å². The van der Waals surface area contributed by atoms with E-state index in [1.54, 1.807) is 24.5 Å². The predicted octanol–water partition coefficient (Wildman–Crippen LogP) is 4.20. The number of hydrogen-bond donors (Lipinski definition) is 1. The van der Waals surface area contributed by atoms with Gasteiger partial charge in [-0.3, -0.25) is 9.59 Å². The Morgan fingerprint density at radius 3 is 2.60 bits per heavy atom. The van der Waals surface area contributed by atoms with Gasteiger partial charge in [0.15, 0.2) is 0 Å². The van der Waals surface area contributed by atoms with E-state index >= 15 is 0 Å². The molecule has 1 heterocycles. The van der Waals surface area contributed by atoms with Crippen LogP contribution in [0, 0.1) is 24.1 Å². The number of aromatic nitrogens is 1. The van der Waals surface area contributed by atoms with Gasteiger partial charge in [-0.1, -0.05) is 30.3 Å². The maximum Gasteiger partial charge on any atom is 0.325 e. The zero-order valence-corrected chi connectivity index (χ0v) is 16.6. The fourth-order valence-corrected chi connectivity index (χ4v) is 3.22. The van der Waals surface area contributed by atoms with Gasteiger partial charge >= 0.3 is 5.97 Å². The van der Waals surface area contributed by atoms with Gasteiger partial charge in [0.2, 0.25) is 0 Å². The van der Waals surface area contributed by atoms with E-state index in [-0.39, 0.29) is 30.4 Å². The van der Waals surface area contributed by atoms with Crippen molar-refractivity contribution in [2.45, 2.75) is 20.4 Å². The fraction of sp³-hybridized carbons (Fsp3) is 0.174. The van der Waals surface area contributed by atoms with E-state index in [1.165, 1.54) is 24.3 Å². The summed E-state index contributed by atoms with van der Waals surface area (Å²) in [5, 5.41) is 12.7. The lowest BCUT2D eigenvalue weighted by molar-refractivity contribution is -0.143. The van der Waals surface area contributed by atoms with Crippen LogP contribution in [0.25, 0.3) is 17.0 Å². The summed E-state index contributed by atoms with van der Waals surface area (Å²) in [6, 6.07) is 15.0. The summed E-state index contributed by atoms with van der Waals surface area (Å²) >= 11 is 0. The molecule has 0 radical (unpaired) electrons. The SMILES string of the molecule is CCOC(=O)Cn1c(C)c(/C=C(/C#N)C(=O)Nc2ccccc2F)c2ccccc21. The molecule has 6 nitrogen and oxygen atoms in total. The van der Waals surface area contributed by atoms with Crippen LogP contribution in [0.2, 0.25) is 0 Å². The summed E-state index contributed by atoms with van der Waals surface area (Å²) in [4.78, 5) is 24.6. The average Bonchev–Trinajstić information content (AvgIpc) is 2.99. The van der Waals surface area contributed by atoms with Crippen LogP contribution in [0.3, 0.4) is 0 Å². The van der Waals surface area contributed by atoms with E-state index in [1.807, 2.05) is 30.3 Å². The summed E-state index contributed by atoms with van der Waals surface area (Å²) < 4.78 is 20.7. The van der Waals surface area contributed by atoms with Crippen LogP contribution in [0.15, 0.2) is 54.1 Å². The van der Waals surface area contributed by atoms with E-state index in [4.69, 9.17) is 4.74 Å². The second-order valence-electron chi connectivity index (χ2n) is 6.51. The Balaban J connectivity index is 2.02. The summed E-state index contributed by atoms with van der Waals surface area (Å²) in [5.74, 6) is -1.69. The Bertz CT molecular complexity index is 1190. The molecule has 0 aliphatic carbocycles. The van der Waals surface area contributed by atoms with Gasteiger partial charge in [0.25, 0.3) is 5.91 Å². The lowest BCUT2D eigenvalue weighted by Crippen LogP contribution is -2.15. The van der Waals surface area contributed by atoms with Crippen LogP contribution in [0.4, 0.5) is 10.1 Å². The number of rotatable bonds is 6. The van der Waals surface area contributed by atoms with Gasteiger partial charge in [-0.15, -0.1) is 0 Å². The number of anilines is 1. The van der Waals surface area contributed by atoms with Gasteiger partial charge in [0, 0.05) is 22.2 Å². The number of amides is 1. The fourth-order valence-electron chi connectivity index (χ4n) is 3.22. The first-order valence-electron chi connectivity index (χ1n) is 9.37. The number of esters is 1. The summed E-state index contributed by atoms with van der Waals surface area (Å²) in [6.07, 6.45) is 1.45. The number of nitrogens with zero attached hydrogens (tertiary/aromatic N) is 2. The van der Waals surface area contributed by atoms with E-state index in [2.05, 4.69) is 5.32 Å². The summed E-state index contributed by atoms with van der Waals surface area (Å²) in [7, 11) is 0. The number of nitrogens with one attached hydrogen (secondary N) is 1. The molecule has 3 aromatic rings. The highest BCUT2D eigenvalue weighted by Crippen LogP contribution is 2.28. The third kappa shape index (κ3) is 4.23. The number of carbonyl (C=O) groups excluding carboxylic acids is 2. The van der Waals surface area contributed by atoms with E-state index in [9.17, 15) is 19.2 Å². The molecule has 0 fully saturated rings. The minimum Gasteiger partial charge on any atom is -0.465 e. The minimum atomic E-state index is -0.718. The number of hydrogen-bond acceptors (Lipinski definition) is 4. The second kappa shape index (κ2) is 9.05. The Morgan fingerprint density at radius 2 is 1.90 bits per heavy atom. The number of benzene rings is 2. The molecule has 0 saturated carbocycles. The van der Waals surface area contributed by atoms with E-state index in [0.717, 1.165) is 10.9 Å². The van der Waals surface area contributed by atoms with E-state index in [0.29, 0.717) is 11.3 Å². The maximum absolute atomic E-state index is 13.8. The molecule has 1 aromatic heterocycles. The average molecular weight is 405 g/mol. The molecule has 0 unspecified atom stereocenters. The number of halogens is 1. The molecule has 152 valence electrons. The highest BCUT2D eigenvalue weighted by molar-refractivity contribution is 6.11. The molecule has 1 N–H and O–H groups in total. The van der Waals surface area contributed by atoms with Gasteiger partial charge in [0.1, 0.15) is 24.0 Å². The molecule has 7 heteroatoms. The van der Waals surface area contributed by atoms with Crippen molar-refractivity contribution in [3.05, 3.63) is 71.2 Å². The standard InChI is InChI=1S/C23H20FN3O3/c1-3-30-22(28)14-27-15(2)18(17-8-4-7-11-21(17)27)12-16(13-25)23(29)26-20-10-6-5-9-19(20)24/h4-12H,3,14H2,1-2H3,(H,26,29)/b16-12-. The molecule has 0 aliphatic rings. The largest absolute Gasteiger partial charge is 0.465 e. The molecular formula is C23H20FN3O3. The zero-order chi connectivity index (χ0) is 21.7. The number of para-hydroxylation sites is 2. The lowest BCUT2D eigenvalue weighted by Gasteiger charge is -2.08. The van der Waals surface area contributed by atoms with Crippen molar-refractivity contribution >= 4 is 34.5 Å². The van der Waals surface area contributed by atoms with Crippen LogP contribution in [0.1, 0.15) is 18.2 Å². The van der Waals surface area contributed by atoms with Gasteiger partial charge in [-0.2, -0.15) is 5.26 Å². The maximum atomic E-state index is 13.8. The molecule has 30 heavy (non-hydrogen) atoms. The monoisotopic (exact) mass is 405 g/mol. The van der Waals surface area contributed by atoms with E-state index < -0.39 is 11.7 Å². The molecule has 0 bridgehead atoms. The third-order valence-electron chi connectivity index (χ3n) is 4.65. The van der Waals surface area contributed by atoms with Crippen LogP contribution < -0.4 is 5.32 Å². The first-order valence-corrected chi connectivity index (χ1v) is 9.37. The molecule has 0 saturated heterocycles. The highest BCUT2D eigenvalue weighted by Gasteiger charge is 2.18. The quantitative estimate of drug-likeness (QED) is 0.378. The number of nitriles is 1. The normalized spacial score (nSPS) is 11.2. The first-order chi connectivity index (χ1) is 14.5. The van der Waals surface area contributed by atoms with Crippen molar-refractivity contribution in [2.75, 3.05) is 11.9 Å². The highest BCUT2D eigenvalue weighted by atomic mass is 19.1. The van der Waals surface area contributed by atoms with Gasteiger partial charge < -0.3 is 14.6 Å². The Kier molecular flexibility index (Phi) is 6.28. The van der Waals surface area contributed by atoms with Crippen LogP contribution in [-0.4, -0.2) is 23.1 Å². The van der Waals surface area contributed by atoms with Crippen LogP contribution in [-0.2, 0) is 20.9 Å². The summed E-state index contributed by atoms with van der Waals surface area (Å²) in [5.41, 5.74) is 1.93. The molecule has 2 aromatic carbocycles. The lowest BCUT2D eigenvalue weighted by atomic mass is 10.1. The van der Waals surface area contributed by atoms with Gasteiger partial charge in [0.05, 0.1) is 12.3 Å². The summed E-state index contributed by atoms with van der Waals surface area (Å²) in [6.45, 7) is 3.82. The van der Waals surface area contributed by atoms with Gasteiger partial charge in [-0.25, -0.2) is 4.39 Å². The number of carbonyl (C=O) groups is 2. The zero-order valence-electron chi connectivity index (χ0n) is 16.6. The van der Waals surface area contributed by atoms with Crippen LogP contribution in [0.5, 0.6) is 0 Å². The Morgan fingerprint density at radius 1 is 1.20 bits per heavy atom. The third-order valence-corrected chi connectivity index (χ3v) is 4.65. The molecule has 0 atom stereocenters.